The van der Waals surface area contributed by atoms with Crippen LogP contribution in [0.15, 0.2) is 12.2 Å². The molecule has 3 heteroatoms. The first-order chi connectivity index (χ1) is 11.4. The van der Waals surface area contributed by atoms with Gasteiger partial charge in [0.1, 0.15) is 6.61 Å². The highest BCUT2D eigenvalue weighted by atomic mass is 16.5. The molecule has 0 fully saturated rings. The van der Waals surface area contributed by atoms with E-state index in [1.807, 2.05) is 0 Å². The SMILES string of the molecule is C=C(CCCC(C)CCCC(C)CCCC(C)C)C(=O)OCCO. The second-order valence-electron chi connectivity index (χ2n) is 7.82. The molecule has 0 spiro atoms. The highest BCUT2D eigenvalue weighted by molar-refractivity contribution is 5.87. The van der Waals surface area contributed by atoms with Gasteiger partial charge < -0.3 is 9.84 Å². The van der Waals surface area contributed by atoms with Crippen LogP contribution in [0.25, 0.3) is 0 Å². The Balaban J connectivity index is 3.63. The average molecular weight is 341 g/mol. The van der Waals surface area contributed by atoms with Gasteiger partial charge in [-0.3, -0.25) is 0 Å². The van der Waals surface area contributed by atoms with Crippen molar-refractivity contribution in [3.05, 3.63) is 12.2 Å². The van der Waals surface area contributed by atoms with E-state index in [2.05, 4.69) is 34.3 Å². The van der Waals surface area contributed by atoms with Crippen molar-refractivity contribution in [3.8, 4) is 0 Å². The van der Waals surface area contributed by atoms with Crippen LogP contribution < -0.4 is 0 Å². The van der Waals surface area contributed by atoms with Gasteiger partial charge in [0.15, 0.2) is 0 Å². The van der Waals surface area contributed by atoms with Crippen molar-refractivity contribution >= 4 is 5.97 Å². The summed E-state index contributed by atoms with van der Waals surface area (Å²) in [4.78, 5) is 11.5. The zero-order valence-electron chi connectivity index (χ0n) is 16.5. The first-order valence-electron chi connectivity index (χ1n) is 9.82. The Morgan fingerprint density at radius 3 is 1.92 bits per heavy atom. The van der Waals surface area contributed by atoms with Crippen LogP contribution in [0.3, 0.4) is 0 Å². The summed E-state index contributed by atoms with van der Waals surface area (Å²) in [5.74, 6) is 2.01. The van der Waals surface area contributed by atoms with Crippen LogP contribution in [0.5, 0.6) is 0 Å². The molecule has 0 aliphatic carbocycles. The number of carbonyl (C=O) groups is 1. The number of aliphatic hydroxyl groups excluding tert-OH is 1. The van der Waals surface area contributed by atoms with Crippen molar-refractivity contribution < 1.29 is 14.6 Å². The van der Waals surface area contributed by atoms with E-state index in [0.29, 0.717) is 17.9 Å². The van der Waals surface area contributed by atoms with Crippen LogP contribution in [0, 0.1) is 17.8 Å². The van der Waals surface area contributed by atoms with E-state index in [1.165, 1.54) is 38.5 Å². The van der Waals surface area contributed by atoms with Gasteiger partial charge in [0.2, 0.25) is 0 Å². The molecular formula is C21H40O3. The van der Waals surface area contributed by atoms with E-state index in [9.17, 15) is 4.79 Å². The van der Waals surface area contributed by atoms with Crippen molar-refractivity contribution in [2.45, 2.75) is 85.5 Å². The summed E-state index contributed by atoms with van der Waals surface area (Å²) < 4.78 is 4.86. The molecule has 0 aromatic rings. The van der Waals surface area contributed by atoms with Gasteiger partial charge in [0.25, 0.3) is 0 Å². The van der Waals surface area contributed by atoms with E-state index >= 15 is 0 Å². The lowest BCUT2D eigenvalue weighted by molar-refractivity contribution is -0.140. The summed E-state index contributed by atoms with van der Waals surface area (Å²) in [6, 6.07) is 0. The van der Waals surface area contributed by atoms with Crippen LogP contribution in [-0.4, -0.2) is 24.3 Å². The molecule has 0 aliphatic rings. The minimum Gasteiger partial charge on any atom is -0.460 e. The van der Waals surface area contributed by atoms with E-state index in [-0.39, 0.29) is 19.2 Å². The van der Waals surface area contributed by atoms with Gasteiger partial charge in [-0.2, -0.15) is 0 Å². The lowest BCUT2D eigenvalue weighted by Crippen LogP contribution is -2.10. The molecular weight excluding hydrogens is 300 g/mol. The van der Waals surface area contributed by atoms with Gasteiger partial charge in [0.05, 0.1) is 6.61 Å². The van der Waals surface area contributed by atoms with Crippen LogP contribution in [0.4, 0.5) is 0 Å². The quantitative estimate of drug-likeness (QED) is 0.315. The fourth-order valence-electron chi connectivity index (χ4n) is 2.98. The van der Waals surface area contributed by atoms with Gasteiger partial charge in [0, 0.05) is 5.57 Å². The maximum absolute atomic E-state index is 11.5. The topological polar surface area (TPSA) is 46.5 Å². The minimum absolute atomic E-state index is 0.0591. The van der Waals surface area contributed by atoms with Crippen LogP contribution in [0.1, 0.15) is 85.5 Å². The first-order valence-corrected chi connectivity index (χ1v) is 9.82. The number of hydrogen-bond acceptors (Lipinski definition) is 3. The second-order valence-corrected chi connectivity index (χ2v) is 7.82. The number of carbonyl (C=O) groups excluding carboxylic acids is 1. The molecule has 0 aromatic heterocycles. The van der Waals surface area contributed by atoms with Gasteiger partial charge in [-0.25, -0.2) is 4.79 Å². The summed E-state index contributed by atoms with van der Waals surface area (Å²) in [6.45, 7) is 13.0. The fourth-order valence-corrected chi connectivity index (χ4v) is 2.98. The largest absolute Gasteiger partial charge is 0.460 e. The Kier molecular flexibility index (Phi) is 14.0. The molecule has 0 rings (SSSR count). The Morgan fingerprint density at radius 1 is 0.917 bits per heavy atom. The third-order valence-corrected chi connectivity index (χ3v) is 4.66. The normalized spacial score (nSPS) is 13.8. The van der Waals surface area contributed by atoms with Crippen molar-refractivity contribution in [2.75, 3.05) is 13.2 Å². The molecule has 2 atom stereocenters. The molecule has 0 aliphatic heterocycles. The molecule has 0 heterocycles. The summed E-state index contributed by atoms with van der Waals surface area (Å²) in [7, 11) is 0. The smallest absolute Gasteiger partial charge is 0.333 e. The summed E-state index contributed by atoms with van der Waals surface area (Å²) in [5, 5.41) is 8.63. The van der Waals surface area contributed by atoms with Gasteiger partial charge >= 0.3 is 5.97 Å². The van der Waals surface area contributed by atoms with Crippen LogP contribution >= 0.6 is 0 Å². The predicted octanol–water partition coefficient (Wildman–Crippen LogP) is 5.52. The molecule has 2 unspecified atom stereocenters. The summed E-state index contributed by atoms with van der Waals surface area (Å²) >= 11 is 0. The molecule has 142 valence electrons. The molecule has 0 amide bonds. The van der Waals surface area contributed by atoms with Gasteiger partial charge in [-0.1, -0.05) is 79.2 Å². The molecule has 0 radical (unpaired) electrons. The zero-order chi connectivity index (χ0) is 18.4. The number of hydrogen-bond donors (Lipinski definition) is 1. The van der Waals surface area contributed by atoms with Gasteiger partial charge in [-0.15, -0.1) is 0 Å². The van der Waals surface area contributed by atoms with Crippen LogP contribution in [0.2, 0.25) is 0 Å². The fraction of sp³-hybridized carbons (Fsp3) is 0.857. The molecule has 3 nitrogen and oxygen atoms in total. The molecule has 0 aromatic carbocycles. The molecule has 0 bridgehead atoms. The lowest BCUT2D eigenvalue weighted by Gasteiger charge is -2.15. The molecule has 1 N–H and O–H groups in total. The first kappa shape index (κ1) is 23.2. The van der Waals surface area contributed by atoms with Crippen molar-refractivity contribution in [1.29, 1.82) is 0 Å². The number of rotatable bonds is 15. The van der Waals surface area contributed by atoms with Crippen LogP contribution in [-0.2, 0) is 9.53 Å². The average Bonchev–Trinajstić information content (AvgIpc) is 2.52. The molecule has 0 saturated heterocycles. The maximum Gasteiger partial charge on any atom is 0.333 e. The Hall–Kier alpha value is -0.830. The molecule has 0 saturated carbocycles. The van der Waals surface area contributed by atoms with Crippen molar-refractivity contribution in [2.24, 2.45) is 17.8 Å². The number of ether oxygens (including phenoxy) is 1. The summed E-state index contributed by atoms with van der Waals surface area (Å²) in [5.41, 5.74) is 0.523. The lowest BCUT2D eigenvalue weighted by atomic mass is 9.91. The van der Waals surface area contributed by atoms with Gasteiger partial charge in [-0.05, 0) is 30.6 Å². The maximum atomic E-state index is 11.5. The highest BCUT2D eigenvalue weighted by Gasteiger charge is 2.10. The monoisotopic (exact) mass is 340 g/mol. The van der Waals surface area contributed by atoms with E-state index < -0.39 is 0 Å². The Morgan fingerprint density at radius 2 is 1.42 bits per heavy atom. The standard InChI is InChI=1S/C21H40O3/c1-17(2)9-6-10-18(3)11-7-12-19(4)13-8-14-20(5)21(23)24-16-15-22/h17-19,22H,5-16H2,1-4H3. The zero-order valence-corrected chi connectivity index (χ0v) is 16.5. The predicted molar refractivity (Wildman–Crippen MR) is 102 cm³/mol. The Labute approximate surface area is 149 Å². The minimum atomic E-state index is -0.369. The van der Waals surface area contributed by atoms with E-state index in [1.54, 1.807) is 0 Å². The third-order valence-electron chi connectivity index (χ3n) is 4.66. The van der Waals surface area contributed by atoms with E-state index in [4.69, 9.17) is 9.84 Å². The number of esters is 1. The van der Waals surface area contributed by atoms with Crippen molar-refractivity contribution in [1.82, 2.24) is 0 Å². The number of aliphatic hydroxyl groups is 1. The Bertz CT molecular complexity index is 336. The van der Waals surface area contributed by atoms with E-state index in [0.717, 1.165) is 24.7 Å². The van der Waals surface area contributed by atoms with Crippen molar-refractivity contribution in [3.63, 3.8) is 0 Å². The highest BCUT2D eigenvalue weighted by Crippen LogP contribution is 2.22. The molecule has 24 heavy (non-hydrogen) atoms. The second kappa shape index (κ2) is 14.5. The summed E-state index contributed by atoms with van der Waals surface area (Å²) in [6.07, 6.45) is 10.8. The third kappa shape index (κ3) is 13.6.